The topological polar surface area (TPSA) is 6.48 Å². The molecule has 15 rings (SSSR count). The van der Waals surface area contributed by atoms with Crippen molar-refractivity contribution in [1.29, 1.82) is 0 Å². The molecule has 2 unspecified atom stereocenters. The summed E-state index contributed by atoms with van der Waals surface area (Å²) in [6.07, 6.45) is 10.8. The Kier molecular flexibility index (Phi) is 6.02. The summed E-state index contributed by atoms with van der Waals surface area (Å²) < 4.78 is 0. The first kappa shape index (κ1) is 32.1. The van der Waals surface area contributed by atoms with Crippen LogP contribution in [0.15, 0.2) is 152 Å². The first-order valence-electron chi connectivity index (χ1n) is 22.6. The van der Waals surface area contributed by atoms with Gasteiger partial charge < -0.3 is 9.80 Å². The van der Waals surface area contributed by atoms with Crippen LogP contribution in [0.1, 0.15) is 73.6 Å². The van der Waals surface area contributed by atoms with Crippen LogP contribution < -0.4 is 26.2 Å². The third kappa shape index (κ3) is 3.71. The molecule has 8 aliphatic rings. The Bertz CT molecular complexity index is 2990. The average Bonchev–Trinajstić information content (AvgIpc) is 4.17. The van der Waals surface area contributed by atoms with Crippen LogP contribution in [-0.4, -0.2) is 6.71 Å². The quantitative estimate of drug-likeness (QED) is 0.162. The zero-order valence-electron chi connectivity index (χ0n) is 33.4. The van der Waals surface area contributed by atoms with E-state index in [2.05, 4.69) is 161 Å². The standard InChI is InChI=1S/C56H45BN2/c1-2-13-38(14-3-1)58-47-22-10-8-20-45(47)57-46-21-9-11-23-48(46)59(49-24-12-19-43-51(49)39-15-4-6-17-41(39)55(43)32-34-25-27-36(55)29-34)50-31-44-52(54(58)53(50)57)40-16-5-7-18-42(40)56(44)33-35-26-28-37(56)30-35/h1-24,31,34-37H,25-30,32-33H2/t34?,35-,36+,37?,55-,56-/m1/s1. The fourth-order valence-electron chi connectivity index (χ4n) is 15.5. The fourth-order valence-corrected chi connectivity index (χ4v) is 15.5. The van der Waals surface area contributed by atoms with Gasteiger partial charge in [-0.25, -0.2) is 0 Å². The van der Waals surface area contributed by atoms with Gasteiger partial charge in [-0.15, -0.1) is 0 Å². The number of fused-ring (bicyclic) bond motifs is 21. The van der Waals surface area contributed by atoms with Gasteiger partial charge in [0.2, 0.25) is 0 Å². The summed E-state index contributed by atoms with van der Waals surface area (Å²) in [4.78, 5) is 5.45. The number of hydrogen-bond acceptors (Lipinski definition) is 2. The number of anilines is 6. The van der Waals surface area contributed by atoms with Crippen molar-refractivity contribution < 1.29 is 0 Å². The highest BCUT2D eigenvalue weighted by atomic mass is 15.2. The number of hydrogen-bond donors (Lipinski definition) is 0. The molecule has 59 heavy (non-hydrogen) atoms. The Morgan fingerprint density at radius 2 is 0.983 bits per heavy atom. The van der Waals surface area contributed by atoms with Gasteiger partial charge >= 0.3 is 0 Å². The van der Waals surface area contributed by atoms with Crippen LogP contribution in [0.25, 0.3) is 22.3 Å². The molecular weight excluding hydrogens is 711 g/mol. The molecule has 0 N–H and O–H groups in total. The molecule has 4 bridgehead atoms. The summed E-state index contributed by atoms with van der Waals surface area (Å²) in [5.74, 6) is 3.04. The zero-order valence-corrected chi connectivity index (χ0v) is 33.4. The molecule has 2 aliphatic heterocycles. The van der Waals surface area contributed by atoms with Gasteiger partial charge in [0.15, 0.2) is 0 Å². The summed E-state index contributed by atoms with van der Waals surface area (Å²) in [6, 6.07) is 59.5. The monoisotopic (exact) mass is 756 g/mol. The van der Waals surface area contributed by atoms with Gasteiger partial charge in [-0.3, -0.25) is 0 Å². The summed E-state index contributed by atoms with van der Waals surface area (Å²) in [5, 5.41) is 0. The molecule has 6 atom stereocenters. The molecule has 6 aliphatic carbocycles. The minimum atomic E-state index is 0.0379. The molecular formula is C56H45BN2. The molecule has 2 spiro atoms. The predicted molar refractivity (Wildman–Crippen MR) is 244 cm³/mol. The lowest BCUT2D eigenvalue weighted by atomic mass is 9.33. The van der Waals surface area contributed by atoms with E-state index in [1.165, 1.54) is 124 Å². The van der Waals surface area contributed by atoms with Gasteiger partial charge in [-0.1, -0.05) is 128 Å². The van der Waals surface area contributed by atoms with E-state index in [1.807, 2.05) is 0 Å². The molecule has 4 fully saturated rings. The number of benzene rings is 7. The molecule has 4 saturated carbocycles. The van der Waals surface area contributed by atoms with Crippen molar-refractivity contribution >= 4 is 57.2 Å². The number of para-hydroxylation sites is 3. The third-order valence-electron chi connectivity index (χ3n) is 17.4. The Hall–Kier alpha value is -5.80. The second-order valence-corrected chi connectivity index (χ2v) is 19.5. The maximum atomic E-state index is 2.77. The fraction of sp³-hybridized carbons (Fsp3) is 0.250. The van der Waals surface area contributed by atoms with E-state index in [4.69, 9.17) is 0 Å². The molecule has 7 aromatic carbocycles. The highest BCUT2D eigenvalue weighted by Gasteiger charge is 2.60. The summed E-state index contributed by atoms with van der Waals surface area (Å²) in [7, 11) is 0. The molecule has 3 heteroatoms. The van der Waals surface area contributed by atoms with E-state index in [0.717, 1.165) is 17.8 Å². The zero-order chi connectivity index (χ0) is 38.2. The Morgan fingerprint density at radius 1 is 0.441 bits per heavy atom. The van der Waals surface area contributed by atoms with Crippen LogP contribution in [0.2, 0.25) is 0 Å². The maximum absolute atomic E-state index is 2.77. The van der Waals surface area contributed by atoms with Crippen molar-refractivity contribution in [3.8, 4) is 22.3 Å². The van der Waals surface area contributed by atoms with Crippen LogP contribution in [0, 0.1) is 23.7 Å². The molecule has 2 heterocycles. The smallest absolute Gasteiger partial charge is 0.252 e. The third-order valence-corrected chi connectivity index (χ3v) is 17.4. The van der Waals surface area contributed by atoms with E-state index in [1.54, 1.807) is 22.3 Å². The van der Waals surface area contributed by atoms with Crippen molar-refractivity contribution in [2.75, 3.05) is 9.80 Å². The lowest BCUT2D eigenvalue weighted by Gasteiger charge is -2.46. The lowest BCUT2D eigenvalue weighted by Crippen LogP contribution is -2.61. The van der Waals surface area contributed by atoms with Gasteiger partial charge in [0.05, 0.1) is 11.4 Å². The first-order valence-corrected chi connectivity index (χ1v) is 22.6. The highest BCUT2D eigenvalue weighted by Crippen LogP contribution is 2.70. The molecule has 0 radical (unpaired) electrons. The van der Waals surface area contributed by atoms with Crippen molar-refractivity contribution in [2.45, 2.75) is 62.2 Å². The molecule has 7 aromatic rings. The molecule has 282 valence electrons. The molecule has 0 saturated heterocycles. The van der Waals surface area contributed by atoms with Crippen LogP contribution in [0.4, 0.5) is 34.1 Å². The minimum absolute atomic E-state index is 0.0379. The Labute approximate surface area is 347 Å². The van der Waals surface area contributed by atoms with Crippen molar-refractivity contribution in [3.05, 3.63) is 174 Å². The van der Waals surface area contributed by atoms with E-state index < -0.39 is 0 Å². The average molecular weight is 757 g/mol. The normalized spacial score (nSPS) is 27.5. The Morgan fingerprint density at radius 3 is 1.63 bits per heavy atom. The second-order valence-electron chi connectivity index (χ2n) is 19.5. The van der Waals surface area contributed by atoms with E-state index in [0.29, 0.717) is 5.92 Å². The summed E-state index contributed by atoms with van der Waals surface area (Å²) >= 11 is 0. The Balaban J connectivity index is 1.10. The maximum Gasteiger partial charge on any atom is 0.252 e. The van der Waals surface area contributed by atoms with Crippen molar-refractivity contribution in [1.82, 2.24) is 0 Å². The van der Waals surface area contributed by atoms with Gasteiger partial charge in [0, 0.05) is 44.7 Å². The number of nitrogens with zero attached hydrogens (tertiary/aromatic N) is 2. The predicted octanol–water partition coefficient (Wildman–Crippen LogP) is 11.9. The lowest BCUT2D eigenvalue weighted by molar-refractivity contribution is 0.327. The summed E-state index contributed by atoms with van der Waals surface area (Å²) in [6.45, 7) is 0.110. The van der Waals surface area contributed by atoms with Gasteiger partial charge in [0.1, 0.15) is 0 Å². The van der Waals surface area contributed by atoms with Gasteiger partial charge in [-0.05, 0) is 148 Å². The van der Waals surface area contributed by atoms with Crippen LogP contribution in [-0.2, 0) is 10.8 Å². The van der Waals surface area contributed by atoms with E-state index in [-0.39, 0.29) is 17.5 Å². The van der Waals surface area contributed by atoms with Crippen molar-refractivity contribution in [3.63, 3.8) is 0 Å². The molecule has 0 aromatic heterocycles. The minimum Gasteiger partial charge on any atom is -0.311 e. The highest BCUT2D eigenvalue weighted by molar-refractivity contribution is 7.00. The van der Waals surface area contributed by atoms with E-state index >= 15 is 0 Å². The molecule has 0 amide bonds. The van der Waals surface area contributed by atoms with E-state index in [9.17, 15) is 0 Å². The van der Waals surface area contributed by atoms with Crippen LogP contribution >= 0.6 is 0 Å². The largest absolute Gasteiger partial charge is 0.311 e. The van der Waals surface area contributed by atoms with Gasteiger partial charge in [0.25, 0.3) is 6.71 Å². The van der Waals surface area contributed by atoms with Gasteiger partial charge in [-0.2, -0.15) is 0 Å². The second kappa shape index (κ2) is 11.1. The van der Waals surface area contributed by atoms with Crippen LogP contribution in [0.5, 0.6) is 0 Å². The first-order chi connectivity index (χ1) is 29.2. The van der Waals surface area contributed by atoms with Crippen molar-refractivity contribution in [2.24, 2.45) is 23.7 Å². The molecule has 2 nitrogen and oxygen atoms in total. The SMILES string of the molecule is c1ccc(N2c3ccccc3B3c4ccccc4N(c4cccc5c4-c4ccccc4[C@]54CC5CC[C@H]4C5)c4cc5c(c2c43)-c2ccccc2[C@]52C[C@@H]3CCC2C3)cc1. The van der Waals surface area contributed by atoms with Crippen LogP contribution in [0.3, 0.4) is 0 Å². The number of rotatable bonds is 2. The summed E-state index contributed by atoms with van der Waals surface area (Å²) in [5.41, 5.74) is 24.7.